The van der Waals surface area contributed by atoms with Crippen LogP contribution in [0.25, 0.3) is 0 Å². The van der Waals surface area contributed by atoms with Crippen LogP contribution in [0.2, 0.25) is 0 Å². The van der Waals surface area contributed by atoms with Gasteiger partial charge in [-0.15, -0.1) is 0 Å². The maximum absolute atomic E-state index is 13.2. The van der Waals surface area contributed by atoms with Gasteiger partial charge in [-0.05, 0) is 25.0 Å². The number of benzene rings is 1. The highest BCUT2D eigenvalue weighted by atomic mass is 32.2. The molecule has 26 heavy (non-hydrogen) atoms. The summed E-state index contributed by atoms with van der Waals surface area (Å²) < 4.78 is 45.0. The monoisotopic (exact) mass is 388 g/mol. The fourth-order valence-electron chi connectivity index (χ4n) is 3.66. The van der Waals surface area contributed by atoms with E-state index in [4.69, 9.17) is 4.74 Å². The van der Waals surface area contributed by atoms with Crippen molar-refractivity contribution in [1.82, 2.24) is 10.2 Å². The van der Waals surface area contributed by atoms with Gasteiger partial charge < -0.3 is 10.1 Å². The molecule has 0 aromatic heterocycles. The number of nitrogens with zero attached hydrogens (tertiary/aromatic N) is 1. The maximum atomic E-state index is 13.2. The second-order valence-electron chi connectivity index (χ2n) is 6.66. The zero-order valence-corrected chi connectivity index (χ0v) is 15.3. The van der Waals surface area contributed by atoms with Crippen LogP contribution in [0.3, 0.4) is 0 Å². The van der Waals surface area contributed by atoms with Gasteiger partial charge in [-0.2, -0.15) is 24.9 Å². The smallest absolute Gasteiger partial charge is 0.381 e. The first-order valence-electron chi connectivity index (χ1n) is 8.77. The van der Waals surface area contributed by atoms with Crippen LogP contribution in [-0.4, -0.2) is 60.7 Å². The number of hydrogen-bond acceptors (Lipinski definition) is 4. The standard InChI is InChI=1S/C18H23F3N2O2S/c19-18(20,21)15-4-2-1-3-14(15)16(24)22-13-17(5-9-25-10-6-17)23-7-11-26-12-8-23/h1-4H,5-13H2,(H,22,24). The summed E-state index contributed by atoms with van der Waals surface area (Å²) in [6, 6.07) is 4.93. The molecular weight excluding hydrogens is 365 g/mol. The van der Waals surface area contributed by atoms with Gasteiger partial charge >= 0.3 is 6.18 Å². The topological polar surface area (TPSA) is 41.6 Å². The largest absolute Gasteiger partial charge is 0.417 e. The lowest BCUT2D eigenvalue weighted by Crippen LogP contribution is -2.60. The molecule has 0 aliphatic carbocycles. The van der Waals surface area contributed by atoms with Gasteiger partial charge in [0.25, 0.3) is 5.91 Å². The molecule has 4 nitrogen and oxygen atoms in total. The molecule has 0 radical (unpaired) electrons. The molecule has 3 rings (SSSR count). The molecule has 8 heteroatoms. The van der Waals surface area contributed by atoms with Gasteiger partial charge in [0, 0.05) is 49.9 Å². The Morgan fingerprint density at radius 3 is 2.50 bits per heavy atom. The van der Waals surface area contributed by atoms with Crippen molar-refractivity contribution < 1.29 is 22.7 Å². The van der Waals surface area contributed by atoms with E-state index in [0.717, 1.165) is 43.5 Å². The Balaban J connectivity index is 1.74. The summed E-state index contributed by atoms with van der Waals surface area (Å²) in [5, 5.41) is 2.78. The normalized spacial score (nSPS) is 21.3. The van der Waals surface area contributed by atoms with E-state index >= 15 is 0 Å². The Labute approximate surface area is 155 Å². The second-order valence-corrected chi connectivity index (χ2v) is 7.89. The van der Waals surface area contributed by atoms with Crippen molar-refractivity contribution in [2.24, 2.45) is 0 Å². The number of amides is 1. The number of rotatable bonds is 4. The minimum Gasteiger partial charge on any atom is -0.381 e. The van der Waals surface area contributed by atoms with Crippen LogP contribution in [0.15, 0.2) is 24.3 Å². The van der Waals surface area contributed by atoms with E-state index in [1.54, 1.807) is 0 Å². The molecular formula is C18H23F3N2O2S. The van der Waals surface area contributed by atoms with Crippen molar-refractivity contribution in [3.63, 3.8) is 0 Å². The number of halogens is 3. The average Bonchev–Trinajstić information content (AvgIpc) is 2.67. The van der Waals surface area contributed by atoms with E-state index < -0.39 is 17.6 Å². The van der Waals surface area contributed by atoms with Crippen molar-refractivity contribution in [1.29, 1.82) is 0 Å². The zero-order valence-electron chi connectivity index (χ0n) is 14.5. The maximum Gasteiger partial charge on any atom is 0.417 e. The number of carbonyl (C=O) groups excluding carboxylic acids is 1. The summed E-state index contributed by atoms with van der Waals surface area (Å²) in [5.74, 6) is 1.40. The van der Waals surface area contributed by atoms with E-state index in [9.17, 15) is 18.0 Å². The molecule has 1 amide bonds. The van der Waals surface area contributed by atoms with E-state index in [-0.39, 0.29) is 11.1 Å². The number of thioether (sulfide) groups is 1. The third-order valence-corrected chi connectivity index (χ3v) is 6.10. The lowest BCUT2D eigenvalue weighted by Gasteiger charge is -2.48. The molecule has 2 aliphatic heterocycles. The Bertz CT molecular complexity index is 627. The van der Waals surface area contributed by atoms with Crippen molar-refractivity contribution in [3.05, 3.63) is 35.4 Å². The van der Waals surface area contributed by atoms with Gasteiger partial charge in [-0.3, -0.25) is 9.69 Å². The molecule has 1 aromatic carbocycles. The molecule has 0 spiro atoms. The summed E-state index contributed by atoms with van der Waals surface area (Å²) >= 11 is 1.90. The predicted octanol–water partition coefficient (Wildman–Crippen LogP) is 3.03. The first-order chi connectivity index (χ1) is 12.4. The number of alkyl halides is 3. The molecule has 0 bridgehead atoms. The van der Waals surface area contributed by atoms with E-state index in [1.807, 2.05) is 11.8 Å². The van der Waals surface area contributed by atoms with E-state index in [1.165, 1.54) is 18.2 Å². The van der Waals surface area contributed by atoms with Crippen LogP contribution in [0.1, 0.15) is 28.8 Å². The molecule has 2 heterocycles. The van der Waals surface area contributed by atoms with Gasteiger partial charge in [-0.1, -0.05) is 12.1 Å². The lowest BCUT2D eigenvalue weighted by atomic mass is 9.87. The Hall–Kier alpha value is -1.25. The molecule has 0 saturated carbocycles. The fraction of sp³-hybridized carbons (Fsp3) is 0.611. The lowest BCUT2D eigenvalue weighted by molar-refractivity contribution is -0.137. The van der Waals surface area contributed by atoms with Crippen molar-refractivity contribution in [2.45, 2.75) is 24.6 Å². The van der Waals surface area contributed by atoms with Crippen LogP contribution in [0, 0.1) is 0 Å². The number of hydrogen-bond donors (Lipinski definition) is 1. The first-order valence-corrected chi connectivity index (χ1v) is 9.93. The minimum absolute atomic E-state index is 0.234. The Morgan fingerprint density at radius 2 is 1.85 bits per heavy atom. The number of carbonyl (C=O) groups is 1. The van der Waals surface area contributed by atoms with Crippen molar-refractivity contribution in [2.75, 3.05) is 44.4 Å². The molecule has 0 unspecified atom stereocenters. The summed E-state index contributed by atoms with van der Waals surface area (Å²) in [6.07, 6.45) is -2.99. The highest BCUT2D eigenvalue weighted by Gasteiger charge is 2.40. The predicted molar refractivity (Wildman–Crippen MR) is 95.5 cm³/mol. The van der Waals surface area contributed by atoms with Gasteiger partial charge in [0.05, 0.1) is 11.1 Å². The number of ether oxygens (including phenoxy) is 1. The van der Waals surface area contributed by atoms with Gasteiger partial charge in [-0.25, -0.2) is 0 Å². The van der Waals surface area contributed by atoms with Gasteiger partial charge in [0.15, 0.2) is 0 Å². The number of nitrogens with one attached hydrogen (secondary N) is 1. The average molecular weight is 388 g/mol. The molecule has 2 aliphatic rings. The van der Waals surface area contributed by atoms with E-state index in [0.29, 0.717) is 19.8 Å². The summed E-state index contributed by atoms with van der Waals surface area (Å²) in [4.78, 5) is 14.9. The van der Waals surface area contributed by atoms with Gasteiger partial charge in [0.2, 0.25) is 0 Å². The van der Waals surface area contributed by atoms with Crippen LogP contribution in [0.5, 0.6) is 0 Å². The van der Waals surface area contributed by atoms with E-state index in [2.05, 4.69) is 10.2 Å². The SMILES string of the molecule is O=C(NCC1(N2CCSCC2)CCOCC1)c1ccccc1C(F)(F)F. The van der Waals surface area contributed by atoms with Crippen molar-refractivity contribution >= 4 is 17.7 Å². The molecule has 144 valence electrons. The third kappa shape index (κ3) is 4.35. The highest BCUT2D eigenvalue weighted by Crippen LogP contribution is 2.33. The van der Waals surface area contributed by atoms with Crippen LogP contribution in [-0.2, 0) is 10.9 Å². The third-order valence-electron chi connectivity index (χ3n) is 5.16. The van der Waals surface area contributed by atoms with Crippen LogP contribution >= 0.6 is 11.8 Å². The Morgan fingerprint density at radius 1 is 1.19 bits per heavy atom. The summed E-state index contributed by atoms with van der Waals surface area (Å²) in [5.41, 5.74) is -1.45. The van der Waals surface area contributed by atoms with Crippen LogP contribution in [0.4, 0.5) is 13.2 Å². The van der Waals surface area contributed by atoms with Crippen LogP contribution < -0.4 is 5.32 Å². The van der Waals surface area contributed by atoms with Gasteiger partial charge in [0.1, 0.15) is 0 Å². The Kier molecular flexibility index (Phi) is 6.14. The first kappa shape index (κ1) is 19.5. The molecule has 2 fully saturated rings. The molecule has 0 atom stereocenters. The highest BCUT2D eigenvalue weighted by molar-refractivity contribution is 7.99. The van der Waals surface area contributed by atoms with Crippen molar-refractivity contribution in [3.8, 4) is 0 Å². The summed E-state index contributed by atoms with van der Waals surface area (Å²) in [7, 11) is 0. The second kappa shape index (κ2) is 8.19. The molecule has 2 saturated heterocycles. The zero-order chi connectivity index (χ0) is 18.6. The minimum atomic E-state index is -4.55. The molecule has 1 N–H and O–H groups in total. The fourth-order valence-corrected chi connectivity index (χ4v) is 4.57. The quantitative estimate of drug-likeness (QED) is 0.861. The molecule has 1 aromatic rings. The summed E-state index contributed by atoms with van der Waals surface area (Å²) in [6.45, 7) is 3.42.